The Labute approximate surface area is 227 Å². The maximum absolute atomic E-state index is 13.4. The molecule has 0 aliphatic carbocycles. The van der Waals surface area contributed by atoms with Gasteiger partial charge in [0.15, 0.2) is 0 Å². The molecule has 38 heavy (non-hydrogen) atoms. The number of unbranched alkanes of at least 4 members (excludes halogenated alkanes) is 2. The molecule has 2 aliphatic rings. The lowest BCUT2D eigenvalue weighted by Crippen LogP contribution is -2.41. The molecule has 2 N–H and O–H groups in total. The molecule has 0 saturated carbocycles. The molecule has 0 aromatic heterocycles. The fourth-order valence-corrected chi connectivity index (χ4v) is 5.40. The van der Waals surface area contributed by atoms with Crippen molar-refractivity contribution in [2.75, 3.05) is 62.7 Å². The Hall–Kier alpha value is -2.90. The number of piperidine rings is 1. The molecule has 0 radical (unpaired) electrons. The average Bonchev–Trinajstić information content (AvgIpc) is 2.95. The summed E-state index contributed by atoms with van der Waals surface area (Å²) >= 11 is 0. The van der Waals surface area contributed by atoms with Crippen molar-refractivity contribution in [3.05, 3.63) is 59.7 Å². The van der Waals surface area contributed by atoms with E-state index in [1.54, 1.807) is 0 Å². The number of rotatable bonds is 12. The lowest BCUT2D eigenvalue weighted by Gasteiger charge is -2.35. The van der Waals surface area contributed by atoms with E-state index < -0.39 is 0 Å². The van der Waals surface area contributed by atoms with Gasteiger partial charge in [0.1, 0.15) is 0 Å². The third kappa shape index (κ3) is 8.57. The van der Waals surface area contributed by atoms with Crippen molar-refractivity contribution >= 4 is 23.2 Å². The van der Waals surface area contributed by atoms with Crippen molar-refractivity contribution in [2.45, 2.75) is 51.9 Å². The fraction of sp³-hybridized carbons (Fsp3) is 0.548. The number of carbonyl (C=O) groups is 2. The molecule has 0 spiro atoms. The van der Waals surface area contributed by atoms with E-state index >= 15 is 0 Å². The minimum absolute atomic E-state index is 0.00611. The summed E-state index contributed by atoms with van der Waals surface area (Å²) in [7, 11) is 0. The molecular weight excluding hydrogens is 476 g/mol. The van der Waals surface area contributed by atoms with Crippen LogP contribution in [0.4, 0.5) is 11.4 Å². The van der Waals surface area contributed by atoms with E-state index in [0.29, 0.717) is 30.1 Å². The highest BCUT2D eigenvalue weighted by Gasteiger charge is 2.24. The second-order valence-electron chi connectivity index (χ2n) is 10.6. The topological polar surface area (TPSA) is 73.9 Å². The van der Waals surface area contributed by atoms with Crippen LogP contribution in [0.15, 0.2) is 48.5 Å². The molecule has 7 heteroatoms. The van der Waals surface area contributed by atoms with Crippen LogP contribution >= 0.6 is 0 Å². The summed E-state index contributed by atoms with van der Waals surface area (Å²) in [5.74, 6) is 0.578. The first-order valence-electron chi connectivity index (χ1n) is 14.4. The van der Waals surface area contributed by atoms with Gasteiger partial charge in [0, 0.05) is 57.1 Å². The fourth-order valence-electron chi connectivity index (χ4n) is 5.40. The van der Waals surface area contributed by atoms with Crippen LogP contribution in [0.2, 0.25) is 0 Å². The van der Waals surface area contributed by atoms with E-state index in [1.165, 1.54) is 5.56 Å². The Kier molecular flexibility index (Phi) is 11.0. The second-order valence-corrected chi connectivity index (χ2v) is 10.6. The Bertz CT molecular complexity index is 1020. The van der Waals surface area contributed by atoms with Gasteiger partial charge in [0.05, 0.1) is 18.8 Å². The molecule has 206 valence electrons. The smallest absolute Gasteiger partial charge is 0.253 e. The minimum atomic E-state index is -0.0817. The molecule has 7 nitrogen and oxygen atoms in total. The number of benzene rings is 2. The van der Waals surface area contributed by atoms with Crippen LogP contribution in [-0.4, -0.2) is 69.2 Å². The second kappa shape index (κ2) is 14.9. The van der Waals surface area contributed by atoms with E-state index in [0.717, 1.165) is 90.1 Å². The van der Waals surface area contributed by atoms with Crippen LogP contribution in [-0.2, 0) is 16.0 Å². The Morgan fingerprint density at radius 2 is 1.74 bits per heavy atom. The molecule has 2 aliphatic heterocycles. The molecular formula is C31H44N4O3. The number of anilines is 2. The van der Waals surface area contributed by atoms with Crippen molar-refractivity contribution in [3.63, 3.8) is 0 Å². The normalized spacial score (nSPS) is 16.8. The van der Waals surface area contributed by atoms with Crippen molar-refractivity contribution in [2.24, 2.45) is 5.92 Å². The van der Waals surface area contributed by atoms with Gasteiger partial charge < -0.3 is 20.3 Å². The highest BCUT2D eigenvalue weighted by atomic mass is 16.5. The molecule has 2 aromatic rings. The van der Waals surface area contributed by atoms with Gasteiger partial charge in [-0.05, 0) is 55.4 Å². The molecule has 2 aromatic carbocycles. The first kappa shape index (κ1) is 28.1. The van der Waals surface area contributed by atoms with Crippen molar-refractivity contribution in [3.8, 4) is 0 Å². The number of carbonyl (C=O) groups excluding carboxylic acids is 2. The largest absolute Gasteiger partial charge is 0.379 e. The Balaban J connectivity index is 1.40. The summed E-state index contributed by atoms with van der Waals surface area (Å²) in [5.41, 5.74) is 3.67. The summed E-state index contributed by atoms with van der Waals surface area (Å²) in [5, 5.41) is 6.14. The standard InChI is InChI=1S/C31H44N4O3/c1-2-3-5-10-30(36)33-27-11-12-29(28(24-27)31(37)32-15-18-34-19-21-38-22-20-34)35-16-13-26(14-17-35)23-25-8-6-4-7-9-25/h4,6-9,11-12,24,26H,2-3,5,10,13-23H2,1H3,(H,32,37)(H,33,36). The van der Waals surface area contributed by atoms with Crippen LogP contribution < -0.4 is 15.5 Å². The van der Waals surface area contributed by atoms with E-state index in [4.69, 9.17) is 4.74 Å². The van der Waals surface area contributed by atoms with Crippen molar-refractivity contribution in [1.29, 1.82) is 0 Å². The summed E-state index contributed by atoms with van der Waals surface area (Å²) in [6, 6.07) is 16.5. The van der Waals surface area contributed by atoms with Gasteiger partial charge in [-0.25, -0.2) is 0 Å². The van der Waals surface area contributed by atoms with E-state index in [2.05, 4.69) is 57.7 Å². The lowest BCUT2D eigenvalue weighted by molar-refractivity contribution is -0.116. The van der Waals surface area contributed by atoms with Gasteiger partial charge in [-0.2, -0.15) is 0 Å². The van der Waals surface area contributed by atoms with E-state index in [1.807, 2.05) is 18.2 Å². The highest BCUT2D eigenvalue weighted by Crippen LogP contribution is 2.30. The van der Waals surface area contributed by atoms with Gasteiger partial charge in [0.2, 0.25) is 5.91 Å². The van der Waals surface area contributed by atoms with Crippen molar-refractivity contribution < 1.29 is 14.3 Å². The van der Waals surface area contributed by atoms with Crippen LogP contribution in [0.1, 0.15) is 61.4 Å². The number of ether oxygens (including phenoxy) is 1. The lowest BCUT2D eigenvalue weighted by atomic mass is 9.89. The SMILES string of the molecule is CCCCCC(=O)Nc1ccc(N2CCC(Cc3ccccc3)CC2)c(C(=O)NCCN2CCOCC2)c1. The third-order valence-corrected chi connectivity index (χ3v) is 7.67. The molecule has 2 heterocycles. The summed E-state index contributed by atoms with van der Waals surface area (Å²) < 4.78 is 5.43. The van der Waals surface area contributed by atoms with Gasteiger partial charge in [-0.1, -0.05) is 50.1 Å². The quantitative estimate of drug-likeness (QED) is 0.396. The Morgan fingerprint density at radius 3 is 2.47 bits per heavy atom. The van der Waals surface area contributed by atoms with Crippen LogP contribution in [0.3, 0.4) is 0 Å². The monoisotopic (exact) mass is 520 g/mol. The zero-order valence-electron chi connectivity index (χ0n) is 22.9. The van der Waals surface area contributed by atoms with E-state index in [-0.39, 0.29) is 11.8 Å². The maximum atomic E-state index is 13.4. The summed E-state index contributed by atoms with van der Waals surface area (Å²) in [6.07, 6.45) is 6.82. The number of amides is 2. The molecule has 0 bridgehead atoms. The number of nitrogens with zero attached hydrogens (tertiary/aromatic N) is 2. The highest BCUT2D eigenvalue weighted by molar-refractivity contribution is 6.02. The first-order valence-corrected chi connectivity index (χ1v) is 14.4. The van der Waals surface area contributed by atoms with Gasteiger partial charge in [-0.3, -0.25) is 14.5 Å². The first-order chi connectivity index (χ1) is 18.6. The number of morpholine rings is 1. The summed E-state index contributed by atoms with van der Waals surface area (Å²) in [6.45, 7) is 8.68. The Morgan fingerprint density at radius 1 is 0.974 bits per heavy atom. The predicted octanol–water partition coefficient (Wildman–Crippen LogP) is 4.73. The van der Waals surface area contributed by atoms with Crippen LogP contribution in [0.5, 0.6) is 0 Å². The molecule has 0 unspecified atom stereocenters. The summed E-state index contributed by atoms with van der Waals surface area (Å²) in [4.78, 5) is 30.5. The minimum Gasteiger partial charge on any atom is -0.379 e. The molecule has 2 fully saturated rings. The number of hydrogen-bond donors (Lipinski definition) is 2. The number of nitrogens with one attached hydrogen (secondary N) is 2. The maximum Gasteiger partial charge on any atom is 0.253 e. The zero-order chi connectivity index (χ0) is 26.6. The van der Waals surface area contributed by atoms with Gasteiger partial charge >= 0.3 is 0 Å². The van der Waals surface area contributed by atoms with Gasteiger partial charge in [0.25, 0.3) is 5.91 Å². The number of hydrogen-bond acceptors (Lipinski definition) is 5. The van der Waals surface area contributed by atoms with E-state index in [9.17, 15) is 9.59 Å². The van der Waals surface area contributed by atoms with Gasteiger partial charge in [-0.15, -0.1) is 0 Å². The predicted molar refractivity (Wildman–Crippen MR) is 154 cm³/mol. The molecule has 4 rings (SSSR count). The molecule has 2 amide bonds. The average molecular weight is 521 g/mol. The third-order valence-electron chi connectivity index (χ3n) is 7.67. The molecule has 0 atom stereocenters. The van der Waals surface area contributed by atoms with Crippen LogP contribution in [0, 0.1) is 5.92 Å². The zero-order valence-corrected chi connectivity index (χ0v) is 22.9. The van der Waals surface area contributed by atoms with Crippen molar-refractivity contribution in [1.82, 2.24) is 10.2 Å². The molecule has 2 saturated heterocycles. The van der Waals surface area contributed by atoms with Crippen LogP contribution in [0.25, 0.3) is 0 Å².